The van der Waals surface area contributed by atoms with Crippen LogP contribution in [0.3, 0.4) is 0 Å². The molecule has 0 atom stereocenters. The maximum atomic E-state index is 9.36. The lowest BCUT2D eigenvalue weighted by Crippen LogP contribution is -1.81. The molecule has 24 heavy (non-hydrogen) atoms. The van der Waals surface area contributed by atoms with E-state index in [0.29, 0.717) is 5.75 Å². The van der Waals surface area contributed by atoms with Crippen LogP contribution in [0.15, 0.2) is 74.6 Å². The number of thiazole rings is 1. The van der Waals surface area contributed by atoms with Crippen LogP contribution in [0.4, 0.5) is 5.13 Å². The van der Waals surface area contributed by atoms with E-state index < -0.39 is 0 Å². The van der Waals surface area contributed by atoms with Gasteiger partial charge in [-0.25, -0.2) is 4.98 Å². The van der Waals surface area contributed by atoms with Crippen molar-refractivity contribution in [3.05, 3.63) is 80.1 Å². The van der Waals surface area contributed by atoms with Crippen LogP contribution in [0.5, 0.6) is 5.75 Å². The molecule has 0 fully saturated rings. The van der Waals surface area contributed by atoms with Gasteiger partial charge >= 0.3 is 0 Å². The number of phenolic OH excluding ortho intramolecular Hbond substituents is 1. The van der Waals surface area contributed by atoms with Crippen molar-refractivity contribution in [1.82, 2.24) is 9.97 Å². The number of hydrogen-bond donors (Lipinski definition) is 3. The highest BCUT2D eigenvalue weighted by atomic mass is 32.1. The zero-order valence-electron chi connectivity index (χ0n) is 13.7. The number of aryl methyl sites for hydroxylation is 1. The summed E-state index contributed by atoms with van der Waals surface area (Å²) in [5, 5.41) is 16.1. The number of aromatic amines is 1. The topological polar surface area (TPSA) is 60.9 Å². The Morgan fingerprint density at radius 1 is 1.29 bits per heavy atom. The summed E-state index contributed by atoms with van der Waals surface area (Å²) in [5.41, 5.74) is 2.30. The maximum Gasteiger partial charge on any atom is 0.186 e. The van der Waals surface area contributed by atoms with Crippen molar-refractivity contribution in [1.29, 1.82) is 0 Å². The predicted molar refractivity (Wildman–Crippen MR) is 106 cm³/mol. The molecule has 126 valence electrons. The Morgan fingerprint density at radius 3 is 2.71 bits per heavy atom. The first-order valence-corrected chi connectivity index (χ1v) is 8.29. The summed E-state index contributed by atoms with van der Waals surface area (Å²) in [6.07, 6.45) is 9.18. The highest BCUT2D eigenvalue weighted by Crippen LogP contribution is 2.23. The van der Waals surface area contributed by atoms with Gasteiger partial charge in [0.15, 0.2) is 5.13 Å². The van der Waals surface area contributed by atoms with Gasteiger partial charge in [0.05, 0.1) is 0 Å². The van der Waals surface area contributed by atoms with E-state index in [1.807, 2.05) is 23.7 Å². The zero-order valence-corrected chi connectivity index (χ0v) is 14.5. The van der Waals surface area contributed by atoms with Gasteiger partial charge < -0.3 is 15.4 Å². The van der Waals surface area contributed by atoms with Crippen LogP contribution < -0.4 is 5.32 Å². The van der Waals surface area contributed by atoms with Gasteiger partial charge in [-0.1, -0.05) is 12.7 Å². The summed E-state index contributed by atoms with van der Waals surface area (Å²) >= 11 is 1.55. The van der Waals surface area contributed by atoms with Crippen molar-refractivity contribution in [3.63, 3.8) is 0 Å². The van der Waals surface area contributed by atoms with Crippen molar-refractivity contribution >= 4 is 27.4 Å². The third-order valence-corrected chi connectivity index (χ3v) is 3.73. The molecule has 0 saturated heterocycles. The van der Waals surface area contributed by atoms with Crippen LogP contribution in [0.25, 0.3) is 10.9 Å². The third-order valence-electron chi connectivity index (χ3n) is 3.03. The molecule has 0 radical (unpaired) electrons. The number of nitrogens with one attached hydrogen (secondary N) is 2. The minimum Gasteiger partial charge on any atom is -0.508 e. The van der Waals surface area contributed by atoms with Crippen LogP contribution in [0.1, 0.15) is 12.0 Å². The molecule has 3 N–H and O–H groups in total. The first-order valence-electron chi connectivity index (χ1n) is 7.41. The molecule has 0 aliphatic carbocycles. The number of nitrogens with zero attached hydrogens (tertiary/aromatic N) is 1. The van der Waals surface area contributed by atoms with Gasteiger partial charge in [0.2, 0.25) is 0 Å². The fraction of sp³-hybridized carbons (Fsp3) is 0.105. The Hall–Kier alpha value is -2.79. The molecule has 3 rings (SSSR count). The quantitative estimate of drug-likeness (QED) is 0.538. The van der Waals surface area contributed by atoms with Gasteiger partial charge in [0.1, 0.15) is 5.75 Å². The molecular weight excluding hydrogens is 318 g/mol. The Morgan fingerprint density at radius 2 is 2.08 bits per heavy atom. The number of benzene rings is 1. The molecule has 1 aromatic carbocycles. The van der Waals surface area contributed by atoms with E-state index in [1.54, 1.807) is 35.9 Å². The number of phenols is 1. The normalized spacial score (nSPS) is 9.17. The van der Waals surface area contributed by atoms with Gasteiger partial charge in [0, 0.05) is 28.7 Å². The summed E-state index contributed by atoms with van der Waals surface area (Å²) in [7, 11) is 0. The third kappa shape index (κ3) is 5.78. The van der Waals surface area contributed by atoms with Crippen LogP contribution in [-0.2, 0) is 6.42 Å². The molecule has 0 spiro atoms. The second-order valence-corrected chi connectivity index (χ2v) is 5.45. The Bertz CT molecular complexity index is 747. The number of fused-ring (bicyclic) bond motifs is 1. The lowest BCUT2D eigenvalue weighted by molar-refractivity contribution is 0.476. The summed E-state index contributed by atoms with van der Waals surface area (Å²) in [5.74, 6) is 0.317. The van der Waals surface area contributed by atoms with E-state index in [4.69, 9.17) is 0 Å². The molecule has 2 aromatic heterocycles. The largest absolute Gasteiger partial charge is 0.508 e. The number of aromatic nitrogens is 2. The number of rotatable bonds is 5. The molecule has 2 heterocycles. The Labute approximate surface area is 146 Å². The summed E-state index contributed by atoms with van der Waals surface area (Å²) in [4.78, 5) is 7.12. The van der Waals surface area contributed by atoms with Crippen molar-refractivity contribution in [2.45, 2.75) is 12.8 Å². The average molecular weight is 341 g/mol. The van der Waals surface area contributed by atoms with Crippen molar-refractivity contribution in [2.75, 3.05) is 5.32 Å². The van der Waals surface area contributed by atoms with Gasteiger partial charge in [-0.2, -0.15) is 0 Å². The fourth-order valence-corrected chi connectivity index (χ4v) is 2.54. The molecule has 0 saturated carbocycles. The van der Waals surface area contributed by atoms with E-state index in [2.05, 4.69) is 41.6 Å². The Balaban J connectivity index is 0.000000245. The minimum absolute atomic E-state index is 0.317. The molecular formula is C19H23N3OS. The number of hydrogen-bond acceptors (Lipinski definition) is 4. The van der Waals surface area contributed by atoms with Crippen LogP contribution in [0, 0.1) is 0 Å². The molecule has 0 amide bonds. The van der Waals surface area contributed by atoms with Gasteiger partial charge in [0.25, 0.3) is 0 Å². The SMILES string of the molecule is C=C.C=CCCc1c[nH]c2ccc(O)cc12.C=CNc1nccs1. The second kappa shape index (κ2) is 10.9. The van der Waals surface area contributed by atoms with Crippen LogP contribution >= 0.6 is 11.3 Å². The van der Waals surface area contributed by atoms with E-state index in [9.17, 15) is 5.11 Å². The second-order valence-electron chi connectivity index (χ2n) is 4.56. The average Bonchev–Trinajstić information content (AvgIpc) is 3.25. The summed E-state index contributed by atoms with van der Waals surface area (Å²) < 4.78 is 0. The van der Waals surface area contributed by atoms with Gasteiger partial charge in [-0.3, -0.25) is 0 Å². The number of anilines is 1. The van der Waals surface area contributed by atoms with E-state index in [-0.39, 0.29) is 0 Å². The monoisotopic (exact) mass is 341 g/mol. The maximum absolute atomic E-state index is 9.36. The van der Waals surface area contributed by atoms with Gasteiger partial charge in [-0.05, 0) is 42.8 Å². The van der Waals surface area contributed by atoms with E-state index in [0.717, 1.165) is 28.9 Å². The standard InChI is InChI=1S/C12H13NO.C5H6N2S.C2H4/c1-2-3-4-9-8-13-12-6-5-10(14)7-11(9)12;1-2-6-5-7-3-4-8-5;1-2/h2,5-8,13-14H,1,3-4H2;2-4H,1H2,(H,6,7);1-2H2. The molecule has 3 aromatic rings. The van der Waals surface area contributed by atoms with E-state index >= 15 is 0 Å². The molecule has 0 bridgehead atoms. The molecule has 5 heteroatoms. The van der Waals surface area contributed by atoms with E-state index in [1.165, 1.54) is 5.56 Å². The highest BCUT2D eigenvalue weighted by molar-refractivity contribution is 7.13. The predicted octanol–water partition coefficient (Wildman–Crippen LogP) is 5.49. The molecule has 0 unspecified atom stereocenters. The molecule has 0 aliphatic heterocycles. The number of aromatic hydroxyl groups is 1. The molecule has 0 aliphatic rings. The smallest absolute Gasteiger partial charge is 0.186 e. The van der Waals surface area contributed by atoms with Crippen LogP contribution in [0.2, 0.25) is 0 Å². The van der Waals surface area contributed by atoms with Crippen molar-refractivity contribution < 1.29 is 5.11 Å². The summed E-state index contributed by atoms with van der Waals surface area (Å²) in [6, 6.07) is 5.38. The van der Waals surface area contributed by atoms with Crippen molar-refractivity contribution in [3.8, 4) is 5.75 Å². The Kier molecular flexibility index (Phi) is 8.71. The zero-order chi connectivity index (χ0) is 17.8. The van der Waals surface area contributed by atoms with Gasteiger partial charge in [-0.15, -0.1) is 31.1 Å². The fourth-order valence-electron chi connectivity index (χ4n) is 2.01. The lowest BCUT2D eigenvalue weighted by Gasteiger charge is -1.96. The lowest BCUT2D eigenvalue weighted by atomic mass is 10.1. The van der Waals surface area contributed by atoms with Crippen molar-refractivity contribution in [2.24, 2.45) is 0 Å². The minimum atomic E-state index is 0.317. The first-order chi connectivity index (χ1) is 11.7. The number of H-pyrrole nitrogens is 1. The molecule has 4 nitrogen and oxygen atoms in total. The summed E-state index contributed by atoms with van der Waals surface area (Å²) in [6.45, 7) is 13.2. The number of allylic oxidation sites excluding steroid dienone is 1. The van der Waals surface area contributed by atoms with Crippen LogP contribution in [-0.4, -0.2) is 15.1 Å². The first kappa shape index (κ1) is 19.3. The highest BCUT2D eigenvalue weighted by Gasteiger charge is 2.02.